The highest BCUT2D eigenvalue weighted by Gasteiger charge is 2.22. The Labute approximate surface area is 126 Å². The predicted molar refractivity (Wildman–Crippen MR) is 83.6 cm³/mol. The molecular formula is C16H24N2O3. The summed E-state index contributed by atoms with van der Waals surface area (Å²) in [5.41, 5.74) is 0.794. The molecule has 1 aromatic carbocycles. The van der Waals surface area contributed by atoms with Crippen molar-refractivity contribution in [3.63, 3.8) is 0 Å². The first-order valence-electron chi connectivity index (χ1n) is 7.28. The number of nitrogens with zero attached hydrogens (tertiary/aromatic N) is 2. The molecule has 0 aromatic heterocycles. The van der Waals surface area contributed by atoms with Gasteiger partial charge in [-0.1, -0.05) is 25.1 Å². The van der Waals surface area contributed by atoms with Gasteiger partial charge in [-0.15, -0.1) is 0 Å². The quantitative estimate of drug-likeness (QED) is 0.839. The predicted octanol–water partition coefficient (Wildman–Crippen LogP) is 3.21. The van der Waals surface area contributed by atoms with Crippen LogP contribution in [0, 0.1) is 0 Å². The lowest BCUT2D eigenvalue weighted by atomic mass is 10.2. The zero-order valence-electron chi connectivity index (χ0n) is 13.0. The molecule has 0 spiro atoms. The molecule has 5 nitrogen and oxygen atoms in total. The number of rotatable bonds is 7. The van der Waals surface area contributed by atoms with E-state index in [4.69, 9.17) is 5.11 Å². The van der Waals surface area contributed by atoms with Crippen molar-refractivity contribution < 1.29 is 14.7 Å². The molecule has 5 heteroatoms. The first-order chi connectivity index (χ1) is 9.97. The van der Waals surface area contributed by atoms with Gasteiger partial charge < -0.3 is 10.0 Å². The van der Waals surface area contributed by atoms with Crippen LogP contribution in [0.5, 0.6) is 0 Å². The maximum atomic E-state index is 12.6. The van der Waals surface area contributed by atoms with Gasteiger partial charge in [0.25, 0.3) is 0 Å². The fourth-order valence-corrected chi connectivity index (χ4v) is 1.98. The molecule has 2 amide bonds. The third-order valence-electron chi connectivity index (χ3n) is 3.62. The number of hydrogen-bond acceptors (Lipinski definition) is 2. The van der Waals surface area contributed by atoms with Gasteiger partial charge in [-0.05, 0) is 31.9 Å². The molecule has 0 heterocycles. The minimum absolute atomic E-state index is 0.0592. The molecule has 1 rings (SSSR count). The molecule has 0 fully saturated rings. The SMILES string of the molecule is CCC(C)N(C)C(=O)N(CCCC(=O)O)c1ccccc1. The summed E-state index contributed by atoms with van der Waals surface area (Å²) in [6.45, 7) is 4.43. The molecule has 0 saturated heterocycles. The van der Waals surface area contributed by atoms with Gasteiger partial charge >= 0.3 is 12.0 Å². The van der Waals surface area contributed by atoms with Gasteiger partial charge in [0, 0.05) is 31.7 Å². The Morgan fingerprint density at radius 2 is 1.86 bits per heavy atom. The van der Waals surface area contributed by atoms with Crippen LogP contribution in [0.25, 0.3) is 0 Å². The third kappa shape index (κ3) is 5.10. The summed E-state index contributed by atoms with van der Waals surface area (Å²) in [7, 11) is 1.78. The molecule has 21 heavy (non-hydrogen) atoms. The number of benzene rings is 1. The van der Waals surface area contributed by atoms with E-state index in [-0.39, 0.29) is 18.5 Å². The fraction of sp³-hybridized carbons (Fsp3) is 0.500. The molecule has 0 aliphatic heterocycles. The van der Waals surface area contributed by atoms with E-state index in [9.17, 15) is 9.59 Å². The van der Waals surface area contributed by atoms with E-state index in [0.717, 1.165) is 12.1 Å². The van der Waals surface area contributed by atoms with Crippen molar-refractivity contribution in [1.82, 2.24) is 4.90 Å². The van der Waals surface area contributed by atoms with Crippen LogP contribution in [0.2, 0.25) is 0 Å². The van der Waals surface area contributed by atoms with Crippen LogP contribution in [0.4, 0.5) is 10.5 Å². The summed E-state index contributed by atoms with van der Waals surface area (Å²) in [4.78, 5) is 26.6. The average molecular weight is 292 g/mol. The summed E-state index contributed by atoms with van der Waals surface area (Å²) >= 11 is 0. The van der Waals surface area contributed by atoms with E-state index < -0.39 is 5.97 Å². The Morgan fingerprint density at radius 1 is 1.24 bits per heavy atom. The monoisotopic (exact) mass is 292 g/mol. The summed E-state index contributed by atoms with van der Waals surface area (Å²) in [5.74, 6) is -0.842. The number of amides is 2. The van der Waals surface area contributed by atoms with Crippen LogP contribution in [-0.4, -0.2) is 41.6 Å². The smallest absolute Gasteiger partial charge is 0.324 e. The van der Waals surface area contributed by atoms with Gasteiger partial charge in [0.1, 0.15) is 0 Å². The standard InChI is InChI=1S/C16H24N2O3/c1-4-13(2)17(3)16(21)18(12-8-11-15(19)20)14-9-6-5-7-10-14/h5-7,9-10,13H,4,8,11-12H2,1-3H3,(H,19,20). The molecule has 0 bridgehead atoms. The maximum absolute atomic E-state index is 12.6. The molecule has 0 saturated carbocycles. The van der Waals surface area contributed by atoms with Gasteiger partial charge in [-0.2, -0.15) is 0 Å². The lowest BCUT2D eigenvalue weighted by Crippen LogP contribution is -2.45. The highest BCUT2D eigenvalue weighted by Crippen LogP contribution is 2.17. The topological polar surface area (TPSA) is 60.9 Å². The second-order valence-corrected chi connectivity index (χ2v) is 5.14. The molecule has 1 atom stereocenters. The van der Waals surface area contributed by atoms with E-state index in [1.54, 1.807) is 16.8 Å². The number of hydrogen-bond donors (Lipinski definition) is 1. The van der Waals surface area contributed by atoms with Crippen molar-refractivity contribution in [3.05, 3.63) is 30.3 Å². The Hall–Kier alpha value is -2.04. The first-order valence-corrected chi connectivity index (χ1v) is 7.28. The Morgan fingerprint density at radius 3 is 2.38 bits per heavy atom. The van der Waals surface area contributed by atoms with Crippen LogP contribution in [0.3, 0.4) is 0 Å². The maximum Gasteiger partial charge on any atom is 0.324 e. The minimum atomic E-state index is -0.842. The summed E-state index contributed by atoms with van der Waals surface area (Å²) in [6, 6.07) is 9.41. The van der Waals surface area contributed by atoms with Crippen LogP contribution in [-0.2, 0) is 4.79 Å². The second kappa shape index (κ2) is 8.29. The number of anilines is 1. The molecule has 1 N–H and O–H groups in total. The number of carbonyl (C=O) groups is 2. The van der Waals surface area contributed by atoms with Crippen molar-refractivity contribution in [3.8, 4) is 0 Å². The number of carbonyl (C=O) groups excluding carboxylic acids is 1. The molecule has 116 valence electrons. The first kappa shape index (κ1) is 17.0. The van der Waals surface area contributed by atoms with Crippen molar-refractivity contribution >= 4 is 17.7 Å². The highest BCUT2D eigenvalue weighted by atomic mass is 16.4. The molecule has 1 aromatic rings. The Balaban J connectivity index is 2.86. The van der Waals surface area contributed by atoms with Crippen LogP contribution in [0.15, 0.2) is 30.3 Å². The molecular weight excluding hydrogens is 268 g/mol. The largest absolute Gasteiger partial charge is 0.481 e. The number of carboxylic acids is 1. The van der Waals surface area contributed by atoms with E-state index in [1.165, 1.54) is 0 Å². The van der Waals surface area contributed by atoms with Crippen LogP contribution in [0.1, 0.15) is 33.1 Å². The van der Waals surface area contributed by atoms with Crippen molar-refractivity contribution in [2.45, 2.75) is 39.2 Å². The Kier molecular flexibility index (Phi) is 6.72. The number of urea groups is 1. The fourth-order valence-electron chi connectivity index (χ4n) is 1.98. The zero-order chi connectivity index (χ0) is 15.8. The van der Waals surface area contributed by atoms with Crippen LogP contribution < -0.4 is 4.90 Å². The van der Waals surface area contributed by atoms with Gasteiger partial charge in [0.05, 0.1) is 0 Å². The normalized spacial score (nSPS) is 11.8. The van der Waals surface area contributed by atoms with E-state index >= 15 is 0 Å². The minimum Gasteiger partial charge on any atom is -0.481 e. The van der Waals surface area contributed by atoms with Gasteiger partial charge in [0.2, 0.25) is 0 Å². The summed E-state index contributed by atoms with van der Waals surface area (Å²) < 4.78 is 0. The van der Waals surface area contributed by atoms with Gasteiger partial charge in [-0.3, -0.25) is 9.69 Å². The summed E-state index contributed by atoms with van der Waals surface area (Å²) in [6.07, 6.45) is 1.37. The van der Waals surface area contributed by atoms with Crippen molar-refractivity contribution in [2.75, 3.05) is 18.5 Å². The Bertz CT molecular complexity index is 462. The summed E-state index contributed by atoms with van der Waals surface area (Å²) in [5, 5.41) is 8.76. The van der Waals surface area contributed by atoms with Gasteiger partial charge in [0.15, 0.2) is 0 Å². The third-order valence-corrected chi connectivity index (χ3v) is 3.62. The van der Waals surface area contributed by atoms with Crippen molar-refractivity contribution in [1.29, 1.82) is 0 Å². The van der Waals surface area contributed by atoms with Gasteiger partial charge in [-0.25, -0.2) is 4.79 Å². The molecule has 1 unspecified atom stereocenters. The van der Waals surface area contributed by atoms with Crippen LogP contribution >= 0.6 is 0 Å². The number of carboxylic acid groups (broad SMARTS) is 1. The highest BCUT2D eigenvalue weighted by molar-refractivity contribution is 5.92. The lowest BCUT2D eigenvalue weighted by Gasteiger charge is -2.31. The van der Waals surface area contributed by atoms with E-state index in [0.29, 0.717) is 13.0 Å². The molecule has 0 radical (unpaired) electrons. The second-order valence-electron chi connectivity index (χ2n) is 5.14. The number of para-hydroxylation sites is 1. The van der Waals surface area contributed by atoms with E-state index in [2.05, 4.69) is 0 Å². The average Bonchev–Trinajstić information content (AvgIpc) is 2.50. The lowest BCUT2D eigenvalue weighted by molar-refractivity contribution is -0.137. The van der Waals surface area contributed by atoms with Crippen molar-refractivity contribution in [2.24, 2.45) is 0 Å². The number of aliphatic carboxylic acids is 1. The molecule has 0 aliphatic rings. The van der Waals surface area contributed by atoms with E-state index in [1.807, 2.05) is 44.2 Å². The zero-order valence-corrected chi connectivity index (χ0v) is 13.0. The molecule has 0 aliphatic carbocycles.